The quantitative estimate of drug-likeness (QED) is 0.351. The van der Waals surface area contributed by atoms with E-state index >= 15 is 0 Å². The van der Waals surface area contributed by atoms with Crippen molar-refractivity contribution in [2.45, 2.75) is 26.2 Å². The zero-order valence-electron chi connectivity index (χ0n) is 17.7. The van der Waals surface area contributed by atoms with Gasteiger partial charge in [0.1, 0.15) is 0 Å². The number of hydrogen-bond donors (Lipinski definition) is 0. The first kappa shape index (κ1) is 19.7. The summed E-state index contributed by atoms with van der Waals surface area (Å²) in [7, 11) is 0. The van der Waals surface area contributed by atoms with Crippen molar-refractivity contribution in [2.24, 2.45) is 0 Å². The van der Waals surface area contributed by atoms with E-state index in [1.165, 1.54) is 27.8 Å². The Balaban J connectivity index is 1.79. The van der Waals surface area contributed by atoms with Crippen molar-refractivity contribution in [1.29, 1.82) is 5.26 Å². The predicted octanol–water partition coefficient (Wildman–Crippen LogP) is 7.86. The molecule has 30 heavy (non-hydrogen) atoms. The Hall–Kier alpha value is -3.63. The number of nitrogens with zero attached hydrogens (tertiary/aromatic N) is 1. The zero-order valence-corrected chi connectivity index (χ0v) is 17.7. The Morgan fingerprint density at radius 3 is 1.70 bits per heavy atom. The van der Waals surface area contributed by atoms with Gasteiger partial charge in [0.15, 0.2) is 0 Å². The fourth-order valence-electron chi connectivity index (χ4n) is 3.70. The van der Waals surface area contributed by atoms with Gasteiger partial charge in [0.05, 0.1) is 11.6 Å². The van der Waals surface area contributed by atoms with Crippen LogP contribution < -0.4 is 0 Å². The molecule has 0 heterocycles. The van der Waals surface area contributed by atoms with Crippen LogP contribution in [0, 0.1) is 11.3 Å². The van der Waals surface area contributed by atoms with Gasteiger partial charge in [0.2, 0.25) is 0 Å². The minimum atomic E-state index is 0.0607. The molecule has 0 fully saturated rings. The van der Waals surface area contributed by atoms with E-state index in [1.54, 1.807) is 0 Å². The van der Waals surface area contributed by atoms with Crippen LogP contribution in [-0.2, 0) is 5.41 Å². The van der Waals surface area contributed by atoms with Crippen molar-refractivity contribution in [3.63, 3.8) is 0 Å². The third-order valence-corrected chi connectivity index (χ3v) is 5.48. The van der Waals surface area contributed by atoms with Gasteiger partial charge in [-0.25, -0.2) is 0 Å². The molecule has 0 spiro atoms. The molecule has 0 aliphatic carbocycles. The fourth-order valence-corrected chi connectivity index (χ4v) is 3.70. The summed E-state index contributed by atoms with van der Waals surface area (Å²) >= 11 is 0. The van der Waals surface area contributed by atoms with Gasteiger partial charge in [-0.3, -0.25) is 0 Å². The summed E-state index contributed by atoms with van der Waals surface area (Å²) in [6.07, 6.45) is 0. The molecular weight excluding hydrogens is 362 g/mol. The van der Waals surface area contributed by atoms with Crippen molar-refractivity contribution >= 4 is 0 Å². The first-order valence-electron chi connectivity index (χ1n) is 10.3. The highest BCUT2D eigenvalue weighted by atomic mass is 14.2. The summed E-state index contributed by atoms with van der Waals surface area (Å²) in [6, 6.07) is 36.0. The highest BCUT2D eigenvalue weighted by Gasteiger charge is 2.16. The van der Waals surface area contributed by atoms with Gasteiger partial charge in [0, 0.05) is 0 Å². The second-order valence-electron chi connectivity index (χ2n) is 8.65. The Morgan fingerprint density at radius 1 is 0.567 bits per heavy atom. The summed E-state index contributed by atoms with van der Waals surface area (Å²) in [5, 5.41) is 9.41. The first-order chi connectivity index (χ1) is 14.5. The van der Waals surface area contributed by atoms with Crippen molar-refractivity contribution in [3.05, 3.63) is 108 Å². The van der Waals surface area contributed by atoms with Gasteiger partial charge >= 0.3 is 0 Å². The number of hydrogen-bond acceptors (Lipinski definition) is 1. The van der Waals surface area contributed by atoms with Crippen LogP contribution >= 0.6 is 0 Å². The minimum absolute atomic E-state index is 0.0607. The van der Waals surface area contributed by atoms with Gasteiger partial charge in [-0.15, -0.1) is 0 Å². The van der Waals surface area contributed by atoms with E-state index in [9.17, 15) is 5.26 Å². The Labute approximate surface area is 179 Å². The molecule has 0 aliphatic heterocycles. The summed E-state index contributed by atoms with van der Waals surface area (Å²) in [5.41, 5.74) is 8.96. The van der Waals surface area contributed by atoms with Crippen molar-refractivity contribution < 1.29 is 0 Å². The molecule has 1 heteroatoms. The molecule has 0 saturated carbocycles. The van der Waals surface area contributed by atoms with Crippen LogP contribution in [0.4, 0.5) is 0 Å². The van der Waals surface area contributed by atoms with Crippen LogP contribution in [0.3, 0.4) is 0 Å². The first-order valence-corrected chi connectivity index (χ1v) is 10.3. The average molecular weight is 388 g/mol. The third-order valence-electron chi connectivity index (χ3n) is 5.48. The molecule has 146 valence electrons. The Morgan fingerprint density at radius 2 is 1.10 bits per heavy atom. The molecule has 4 aromatic rings. The molecule has 1 nitrogen and oxygen atoms in total. The van der Waals surface area contributed by atoms with Gasteiger partial charge in [-0.2, -0.15) is 5.26 Å². The normalized spacial score (nSPS) is 11.1. The molecule has 0 atom stereocenters. The maximum Gasteiger partial charge on any atom is 0.0998 e. The number of nitriles is 1. The lowest BCUT2D eigenvalue weighted by atomic mass is 9.83. The number of benzene rings is 4. The molecule has 0 saturated heterocycles. The van der Waals surface area contributed by atoms with E-state index in [2.05, 4.69) is 99.6 Å². The lowest BCUT2D eigenvalue weighted by Crippen LogP contribution is -2.11. The predicted molar refractivity (Wildman–Crippen MR) is 126 cm³/mol. The van der Waals surface area contributed by atoms with Crippen LogP contribution in [0.25, 0.3) is 33.4 Å². The topological polar surface area (TPSA) is 23.8 Å². The lowest BCUT2D eigenvalue weighted by Gasteiger charge is -2.22. The van der Waals surface area contributed by atoms with Crippen LogP contribution in [-0.4, -0.2) is 0 Å². The largest absolute Gasteiger partial charge is 0.192 e. The molecule has 0 unspecified atom stereocenters. The molecule has 4 aromatic carbocycles. The number of rotatable bonds is 3. The van der Waals surface area contributed by atoms with Crippen LogP contribution in [0.1, 0.15) is 31.9 Å². The molecular formula is C29H25N. The van der Waals surface area contributed by atoms with Crippen LogP contribution in [0.15, 0.2) is 97.1 Å². The standard InChI is InChI=1S/C29H25N/c1-29(2,3)27-18-25(21-9-5-4-6-10-21)17-26(19-27)22-13-15-23(16-14-22)28-12-8-7-11-24(28)20-30/h4-19H,1-3H3. The Bertz CT molecular complexity index is 1200. The monoisotopic (exact) mass is 387 g/mol. The molecule has 0 amide bonds. The molecule has 0 aliphatic rings. The second-order valence-corrected chi connectivity index (χ2v) is 8.65. The molecule has 0 radical (unpaired) electrons. The average Bonchev–Trinajstić information content (AvgIpc) is 2.79. The molecule has 4 rings (SSSR count). The fraction of sp³-hybridized carbons (Fsp3) is 0.138. The third kappa shape index (κ3) is 4.04. The van der Waals surface area contributed by atoms with E-state index in [0.29, 0.717) is 5.56 Å². The van der Waals surface area contributed by atoms with E-state index in [1.807, 2.05) is 24.3 Å². The highest BCUT2D eigenvalue weighted by Crippen LogP contribution is 2.34. The summed E-state index contributed by atoms with van der Waals surface area (Å²) in [4.78, 5) is 0. The van der Waals surface area contributed by atoms with Crippen molar-refractivity contribution in [2.75, 3.05) is 0 Å². The smallest absolute Gasteiger partial charge is 0.0998 e. The van der Waals surface area contributed by atoms with E-state index in [-0.39, 0.29) is 5.41 Å². The van der Waals surface area contributed by atoms with Gasteiger partial charge in [0.25, 0.3) is 0 Å². The van der Waals surface area contributed by atoms with Crippen LogP contribution in [0.2, 0.25) is 0 Å². The van der Waals surface area contributed by atoms with E-state index < -0.39 is 0 Å². The van der Waals surface area contributed by atoms with Gasteiger partial charge in [-0.1, -0.05) is 106 Å². The summed E-state index contributed by atoms with van der Waals surface area (Å²) < 4.78 is 0. The highest BCUT2D eigenvalue weighted by molar-refractivity contribution is 5.77. The molecule has 0 N–H and O–H groups in total. The zero-order chi connectivity index (χ0) is 21.1. The van der Waals surface area contributed by atoms with Gasteiger partial charge in [-0.05, 0) is 56.5 Å². The molecule has 0 bridgehead atoms. The second kappa shape index (κ2) is 8.01. The maximum atomic E-state index is 9.41. The Kier molecular flexibility index (Phi) is 5.25. The van der Waals surface area contributed by atoms with E-state index in [0.717, 1.165) is 11.1 Å². The van der Waals surface area contributed by atoms with Crippen molar-refractivity contribution in [1.82, 2.24) is 0 Å². The minimum Gasteiger partial charge on any atom is -0.192 e. The lowest BCUT2D eigenvalue weighted by molar-refractivity contribution is 0.590. The van der Waals surface area contributed by atoms with Crippen molar-refractivity contribution in [3.8, 4) is 39.4 Å². The summed E-state index contributed by atoms with van der Waals surface area (Å²) in [6.45, 7) is 6.76. The molecule has 0 aromatic heterocycles. The maximum absolute atomic E-state index is 9.41. The summed E-state index contributed by atoms with van der Waals surface area (Å²) in [5.74, 6) is 0. The SMILES string of the molecule is CC(C)(C)c1cc(-c2ccccc2)cc(-c2ccc(-c3ccccc3C#N)cc2)c1. The van der Waals surface area contributed by atoms with Gasteiger partial charge < -0.3 is 0 Å². The van der Waals surface area contributed by atoms with Crippen LogP contribution in [0.5, 0.6) is 0 Å². The van der Waals surface area contributed by atoms with E-state index in [4.69, 9.17) is 0 Å².